The summed E-state index contributed by atoms with van der Waals surface area (Å²) in [5, 5.41) is 10.7. The molecule has 0 heterocycles. The number of carbonyl (C=O) groups is 2. The number of nitrogens with zero attached hydrogens (tertiary/aromatic N) is 1. The average Bonchev–Trinajstić information content (AvgIpc) is 2.63. The highest BCUT2D eigenvalue weighted by atomic mass is 16.6. The van der Waals surface area contributed by atoms with Crippen LogP contribution < -0.4 is 0 Å². The third-order valence-corrected chi connectivity index (χ3v) is 4.36. The fourth-order valence-corrected chi connectivity index (χ4v) is 2.85. The van der Waals surface area contributed by atoms with E-state index in [-0.39, 0.29) is 23.5 Å². The van der Waals surface area contributed by atoms with Crippen molar-refractivity contribution in [3.8, 4) is 0 Å². The predicted octanol–water partition coefficient (Wildman–Crippen LogP) is 3.08. The van der Waals surface area contributed by atoms with Crippen molar-refractivity contribution in [1.82, 2.24) is 0 Å². The zero-order chi connectivity index (χ0) is 18.8. The van der Waals surface area contributed by atoms with Gasteiger partial charge in [-0.3, -0.25) is 14.9 Å². The van der Waals surface area contributed by atoms with Crippen LogP contribution in [0.3, 0.4) is 0 Å². The molecular formula is C18H21NO6. The maximum atomic E-state index is 12.5. The maximum Gasteiger partial charge on any atom is 0.338 e. The van der Waals surface area contributed by atoms with Crippen molar-refractivity contribution >= 4 is 17.4 Å². The maximum absolute atomic E-state index is 12.5. The van der Waals surface area contributed by atoms with E-state index in [4.69, 9.17) is 9.47 Å². The molecule has 0 saturated heterocycles. The Bertz CT molecular complexity index is 720. The molecule has 0 radical (unpaired) electrons. The summed E-state index contributed by atoms with van der Waals surface area (Å²) in [5.74, 6) is -0.628. The van der Waals surface area contributed by atoms with Crippen LogP contribution in [0, 0.1) is 15.5 Å². The van der Waals surface area contributed by atoms with Gasteiger partial charge in [0.2, 0.25) is 0 Å². The van der Waals surface area contributed by atoms with E-state index in [2.05, 4.69) is 0 Å². The second kappa shape index (κ2) is 7.14. The van der Waals surface area contributed by atoms with Crippen LogP contribution in [-0.2, 0) is 14.3 Å². The van der Waals surface area contributed by atoms with E-state index in [1.54, 1.807) is 13.0 Å². The molecule has 2 unspecified atom stereocenters. The summed E-state index contributed by atoms with van der Waals surface area (Å²) >= 11 is 0. The molecule has 0 saturated carbocycles. The van der Waals surface area contributed by atoms with Gasteiger partial charge >= 0.3 is 5.97 Å². The molecule has 0 amide bonds. The number of ether oxygens (including phenoxy) is 2. The summed E-state index contributed by atoms with van der Waals surface area (Å²) in [6, 6.07) is 5.18. The monoisotopic (exact) mass is 347 g/mol. The van der Waals surface area contributed by atoms with Crippen LogP contribution in [0.2, 0.25) is 0 Å². The zero-order valence-corrected chi connectivity index (χ0v) is 14.6. The van der Waals surface area contributed by atoms with E-state index >= 15 is 0 Å². The molecule has 25 heavy (non-hydrogen) atoms. The van der Waals surface area contributed by atoms with Gasteiger partial charge in [-0.15, -0.1) is 0 Å². The highest BCUT2D eigenvalue weighted by Gasteiger charge is 2.42. The van der Waals surface area contributed by atoms with Crippen molar-refractivity contribution in [1.29, 1.82) is 0 Å². The van der Waals surface area contributed by atoms with Gasteiger partial charge in [0.15, 0.2) is 5.78 Å². The Kier molecular flexibility index (Phi) is 5.37. The highest BCUT2D eigenvalue weighted by molar-refractivity contribution is 5.96. The van der Waals surface area contributed by atoms with E-state index in [1.807, 2.05) is 13.8 Å². The van der Waals surface area contributed by atoms with Gasteiger partial charge < -0.3 is 9.47 Å². The van der Waals surface area contributed by atoms with Crippen LogP contribution in [0.4, 0.5) is 5.69 Å². The van der Waals surface area contributed by atoms with Crippen LogP contribution in [-0.4, -0.2) is 36.0 Å². The third-order valence-electron chi connectivity index (χ3n) is 4.36. The van der Waals surface area contributed by atoms with Gasteiger partial charge in [0.1, 0.15) is 12.2 Å². The van der Waals surface area contributed by atoms with Crippen LogP contribution in [0.5, 0.6) is 0 Å². The molecule has 1 aromatic carbocycles. The number of benzene rings is 1. The molecule has 0 bridgehead atoms. The smallest absolute Gasteiger partial charge is 0.338 e. The summed E-state index contributed by atoms with van der Waals surface area (Å²) in [6.45, 7) is 5.40. The second-order valence-electron chi connectivity index (χ2n) is 6.77. The molecular weight excluding hydrogens is 326 g/mol. The van der Waals surface area contributed by atoms with Gasteiger partial charge in [-0.2, -0.15) is 0 Å². The van der Waals surface area contributed by atoms with Crippen LogP contribution in [0.1, 0.15) is 37.6 Å². The number of allylic oxidation sites excluding steroid dienone is 1. The van der Waals surface area contributed by atoms with Gasteiger partial charge in [-0.25, -0.2) is 4.79 Å². The van der Waals surface area contributed by atoms with E-state index in [0.717, 1.165) is 0 Å². The van der Waals surface area contributed by atoms with Gasteiger partial charge in [0.05, 0.1) is 10.5 Å². The summed E-state index contributed by atoms with van der Waals surface area (Å²) < 4.78 is 11.1. The highest BCUT2D eigenvalue weighted by Crippen LogP contribution is 2.36. The minimum absolute atomic E-state index is 0.0130. The van der Waals surface area contributed by atoms with Gasteiger partial charge in [0, 0.05) is 31.1 Å². The van der Waals surface area contributed by atoms with Gasteiger partial charge in [-0.1, -0.05) is 13.8 Å². The Morgan fingerprint density at radius 3 is 2.40 bits per heavy atom. The van der Waals surface area contributed by atoms with Crippen molar-refractivity contribution in [2.24, 2.45) is 5.41 Å². The van der Waals surface area contributed by atoms with Crippen LogP contribution in [0.25, 0.3) is 0 Å². The Hall–Kier alpha value is -2.54. The summed E-state index contributed by atoms with van der Waals surface area (Å²) in [7, 11) is 1.49. The third kappa shape index (κ3) is 4.11. The first-order valence-electron chi connectivity index (χ1n) is 7.85. The number of carbonyl (C=O) groups excluding carboxylic acids is 2. The molecule has 1 aromatic rings. The number of hydrogen-bond donors (Lipinski definition) is 0. The molecule has 2 atom stereocenters. The summed E-state index contributed by atoms with van der Waals surface area (Å²) in [4.78, 5) is 34.8. The van der Waals surface area contributed by atoms with E-state index < -0.39 is 28.5 Å². The number of methoxy groups -OCH3 is 1. The zero-order valence-electron chi connectivity index (χ0n) is 14.6. The van der Waals surface area contributed by atoms with Crippen LogP contribution >= 0.6 is 0 Å². The molecule has 0 aliphatic heterocycles. The number of rotatable bonds is 4. The van der Waals surface area contributed by atoms with Crippen molar-refractivity contribution in [2.45, 2.75) is 39.4 Å². The van der Waals surface area contributed by atoms with E-state index in [0.29, 0.717) is 5.57 Å². The SMILES string of the molecule is COC1C=C(C)C(=O)CC(C)(C)C1OC(=O)c1ccc([N+](=O)[O-])cc1. The largest absolute Gasteiger partial charge is 0.455 e. The molecule has 2 rings (SSSR count). The number of Topliss-reactive ketones (excluding diaryl/α,β-unsaturated/α-hetero) is 1. The van der Waals surface area contributed by atoms with Gasteiger partial charge in [-0.05, 0) is 30.7 Å². The number of ketones is 1. The summed E-state index contributed by atoms with van der Waals surface area (Å²) in [6.07, 6.45) is 0.684. The fraction of sp³-hybridized carbons (Fsp3) is 0.444. The summed E-state index contributed by atoms with van der Waals surface area (Å²) in [5.41, 5.74) is 0.0502. The van der Waals surface area contributed by atoms with Crippen molar-refractivity contribution in [3.63, 3.8) is 0 Å². The lowest BCUT2D eigenvalue weighted by molar-refractivity contribution is -0.384. The van der Waals surface area contributed by atoms with Crippen molar-refractivity contribution in [2.75, 3.05) is 7.11 Å². The van der Waals surface area contributed by atoms with Crippen molar-refractivity contribution < 1.29 is 24.0 Å². The first kappa shape index (κ1) is 18.8. The Morgan fingerprint density at radius 1 is 1.28 bits per heavy atom. The number of hydrogen-bond acceptors (Lipinski definition) is 6. The normalized spacial score (nSPS) is 22.7. The molecule has 134 valence electrons. The number of esters is 1. The molecule has 1 aliphatic rings. The first-order chi connectivity index (χ1) is 11.7. The number of nitro benzene ring substituents is 1. The molecule has 7 heteroatoms. The van der Waals surface area contributed by atoms with E-state index in [1.165, 1.54) is 31.4 Å². The lowest BCUT2D eigenvalue weighted by Gasteiger charge is -2.35. The second-order valence-corrected chi connectivity index (χ2v) is 6.77. The van der Waals surface area contributed by atoms with E-state index in [9.17, 15) is 19.7 Å². The lowest BCUT2D eigenvalue weighted by atomic mass is 9.80. The van der Waals surface area contributed by atoms with Gasteiger partial charge in [0.25, 0.3) is 5.69 Å². The number of non-ortho nitro benzene ring substituents is 1. The minimum Gasteiger partial charge on any atom is -0.455 e. The van der Waals surface area contributed by atoms with Crippen molar-refractivity contribution in [3.05, 3.63) is 51.6 Å². The quantitative estimate of drug-likeness (QED) is 0.472. The average molecular weight is 347 g/mol. The Balaban J connectivity index is 2.27. The molecule has 0 spiro atoms. The molecule has 0 aromatic heterocycles. The molecule has 1 aliphatic carbocycles. The Labute approximate surface area is 145 Å². The fourth-order valence-electron chi connectivity index (χ4n) is 2.85. The van der Waals surface area contributed by atoms with Crippen LogP contribution in [0.15, 0.2) is 35.9 Å². The predicted molar refractivity (Wildman–Crippen MR) is 90.3 cm³/mol. The Morgan fingerprint density at radius 2 is 1.88 bits per heavy atom. The number of nitro groups is 1. The molecule has 0 fully saturated rings. The molecule has 7 nitrogen and oxygen atoms in total. The first-order valence-corrected chi connectivity index (χ1v) is 7.85. The lowest BCUT2D eigenvalue weighted by Crippen LogP contribution is -2.43. The topological polar surface area (TPSA) is 95.7 Å². The minimum atomic E-state index is -0.665. The molecule has 0 N–H and O–H groups in total. The standard InChI is InChI=1S/C18H21NO6/c1-11-9-15(24-4)16(18(2,3)10-14(11)20)25-17(21)12-5-7-13(8-6-12)19(22)23/h5-9,15-16H,10H2,1-4H3.